The number of carbonyl (C=O) groups excluding carboxylic acids is 1. The molecule has 2 fully saturated rings. The van der Waals surface area contributed by atoms with E-state index in [4.69, 9.17) is 0 Å². The van der Waals surface area contributed by atoms with E-state index in [-0.39, 0.29) is 22.1 Å². The van der Waals surface area contributed by atoms with Crippen LogP contribution >= 0.6 is 0 Å². The first-order valence-electron chi connectivity index (χ1n) is 12.2. The van der Waals surface area contributed by atoms with Crippen LogP contribution in [-0.2, 0) is 20.0 Å². The summed E-state index contributed by atoms with van der Waals surface area (Å²) in [6.07, 6.45) is 4.69. The lowest BCUT2D eigenvalue weighted by Crippen LogP contribution is -2.39. The topological polar surface area (TPSA) is 104 Å². The van der Waals surface area contributed by atoms with Crippen LogP contribution in [0.4, 0.5) is 5.69 Å². The molecule has 2 saturated heterocycles. The second-order valence-electron chi connectivity index (χ2n) is 9.40. The van der Waals surface area contributed by atoms with Crippen molar-refractivity contribution in [2.75, 3.05) is 38.0 Å². The quantitative estimate of drug-likeness (QED) is 0.535. The largest absolute Gasteiger partial charge is 0.378 e. The predicted octanol–water partition coefficient (Wildman–Crippen LogP) is 3.58. The molecule has 0 bridgehead atoms. The summed E-state index contributed by atoms with van der Waals surface area (Å²) >= 11 is 0. The number of carbonyl (C=O) groups is 1. The van der Waals surface area contributed by atoms with E-state index in [0.717, 1.165) is 32.1 Å². The average molecular weight is 520 g/mol. The molecule has 1 unspecified atom stereocenters. The fourth-order valence-electron chi connectivity index (χ4n) is 4.61. The number of nitrogens with zero attached hydrogens (tertiary/aromatic N) is 2. The third kappa shape index (κ3) is 5.94. The molecule has 35 heavy (non-hydrogen) atoms. The van der Waals surface area contributed by atoms with Gasteiger partial charge in [0.15, 0.2) is 5.78 Å². The molecule has 0 aliphatic carbocycles. The second-order valence-corrected chi connectivity index (χ2v) is 13.3. The van der Waals surface area contributed by atoms with Gasteiger partial charge in [-0.15, -0.1) is 0 Å². The zero-order valence-corrected chi connectivity index (χ0v) is 21.7. The van der Waals surface area contributed by atoms with Crippen molar-refractivity contribution < 1.29 is 21.6 Å². The molecule has 0 amide bonds. The molecule has 0 radical (unpaired) electrons. The third-order valence-corrected chi connectivity index (χ3v) is 10.5. The van der Waals surface area contributed by atoms with Crippen molar-refractivity contribution in [2.45, 2.75) is 48.8 Å². The summed E-state index contributed by atoms with van der Waals surface area (Å²) in [4.78, 5) is 13.1. The van der Waals surface area contributed by atoms with Gasteiger partial charge in [0.25, 0.3) is 0 Å². The molecular formula is C25H33N3O5S2. The smallest absolute Gasteiger partial charge is 0.243 e. The van der Waals surface area contributed by atoms with Crippen molar-refractivity contribution >= 4 is 31.5 Å². The van der Waals surface area contributed by atoms with Gasteiger partial charge >= 0.3 is 0 Å². The molecule has 0 aromatic heterocycles. The Bertz CT molecular complexity index is 1240. The summed E-state index contributed by atoms with van der Waals surface area (Å²) in [6, 6.07) is 12.5. The molecule has 190 valence electrons. The molecule has 8 nitrogen and oxygen atoms in total. The van der Waals surface area contributed by atoms with Gasteiger partial charge in [0.1, 0.15) is 0 Å². The van der Waals surface area contributed by atoms with Gasteiger partial charge in [-0.3, -0.25) is 4.79 Å². The van der Waals surface area contributed by atoms with E-state index < -0.39 is 20.0 Å². The maximum absolute atomic E-state index is 12.9. The van der Waals surface area contributed by atoms with E-state index in [1.807, 2.05) is 0 Å². The van der Waals surface area contributed by atoms with Crippen LogP contribution in [0.2, 0.25) is 0 Å². The average Bonchev–Trinajstić information content (AvgIpc) is 2.88. The summed E-state index contributed by atoms with van der Waals surface area (Å²) in [6.45, 7) is 4.21. The summed E-state index contributed by atoms with van der Waals surface area (Å²) in [5.41, 5.74) is 1.04. The first-order valence-corrected chi connectivity index (χ1v) is 15.0. The van der Waals surface area contributed by atoms with Crippen molar-refractivity contribution in [3.8, 4) is 0 Å². The molecule has 2 aliphatic heterocycles. The van der Waals surface area contributed by atoms with Crippen molar-refractivity contribution in [3.05, 3.63) is 54.1 Å². The Kier molecular flexibility index (Phi) is 7.95. The number of nitrogens with one attached hydrogen (secondary N) is 1. The highest BCUT2D eigenvalue weighted by Gasteiger charge is 2.29. The number of Topliss-reactive ketones (excluding diaryl/α,β-unsaturated/α-hetero) is 1. The Labute approximate surface area is 208 Å². The molecule has 2 aromatic carbocycles. The molecule has 1 N–H and O–H groups in total. The Morgan fingerprint density at radius 1 is 0.800 bits per heavy atom. The van der Waals surface area contributed by atoms with Gasteiger partial charge < -0.3 is 5.32 Å². The number of ketones is 1. The van der Waals surface area contributed by atoms with Gasteiger partial charge in [-0.05, 0) is 80.1 Å². The first-order chi connectivity index (χ1) is 16.7. The Balaban J connectivity index is 1.35. The normalized spacial score (nSPS) is 20.4. The predicted molar refractivity (Wildman–Crippen MR) is 135 cm³/mol. The summed E-state index contributed by atoms with van der Waals surface area (Å²) in [7, 11) is -7.06. The van der Waals surface area contributed by atoms with E-state index in [1.165, 1.54) is 28.6 Å². The second kappa shape index (κ2) is 10.8. The molecular weight excluding hydrogens is 486 g/mol. The zero-order valence-electron chi connectivity index (χ0n) is 20.0. The van der Waals surface area contributed by atoms with Crippen LogP contribution in [0, 0.1) is 5.92 Å². The Hall–Kier alpha value is -2.27. The van der Waals surface area contributed by atoms with Gasteiger partial charge in [-0.1, -0.05) is 13.3 Å². The molecule has 10 heteroatoms. The lowest BCUT2D eigenvalue weighted by Gasteiger charge is -2.30. The van der Waals surface area contributed by atoms with Gasteiger partial charge in [-0.2, -0.15) is 8.61 Å². The van der Waals surface area contributed by atoms with Crippen LogP contribution in [0.3, 0.4) is 0 Å². The highest BCUT2D eigenvalue weighted by molar-refractivity contribution is 7.89. The Morgan fingerprint density at radius 3 is 1.94 bits per heavy atom. The van der Waals surface area contributed by atoms with Crippen LogP contribution in [-0.4, -0.2) is 64.0 Å². The highest BCUT2D eigenvalue weighted by atomic mass is 32.2. The third-order valence-electron chi connectivity index (χ3n) is 6.69. The minimum absolute atomic E-state index is 0.00789. The maximum Gasteiger partial charge on any atom is 0.243 e. The Morgan fingerprint density at radius 2 is 1.34 bits per heavy atom. The first kappa shape index (κ1) is 25.8. The van der Waals surface area contributed by atoms with Crippen molar-refractivity contribution in [2.24, 2.45) is 5.92 Å². The summed E-state index contributed by atoms with van der Waals surface area (Å²) < 4.78 is 54.4. The van der Waals surface area contributed by atoms with E-state index in [2.05, 4.69) is 12.2 Å². The van der Waals surface area contributed by atoms with Crippen molar-refractivity contribution in [3.63, 3.8) is 0 Å². The molecule has 4 rings (SSSR count). The van der Waals surface area contributed by atoms with E-state index in [1.54, 1.807) is 28.6 Å². The molecule has 2 aromatic rings. The summed E-state index contributed by atoms with van der Waals surface area (Å²) in [5, 5.41) is 3.02. The number of sulfonamides is 2. The van der Waals surface area contributed by atoms with E-state index in [0.29, 0.717) is 43.3 Å². The lowest BCUT2D eigenvalue weighted by molar-refractivity contribution is 0.101. The fraction of sp³-hybridized carbons (Fsp3) is 0.480. The number of piperidine rings is 2. The van der Waals surface area contributed by atoms with Gasteiger partial charge in [-0.25, -0.2) is 16.8 Å². The SMILES string of the molecule is CC1CCCN(S(=O)(=O)c2ccc(NCC(=O)c3ccc(S(=O)(=O)N4CCCCC4)cc3)cc2)C1. The lowest BCUT2D eigenvalue weighted by atomic mass is 10.0. The van der Waals surface area contributed by atoms with Crippen LogP contribution in [0.5, 0.6) is 0 Å². The fourth-order valence-corrected chi connectivity index (χ4v) is 7.73. The molecule has 2 aliphatic rings. The van der Waals surface area contributed by atoms with Crippen LogP contribution in [0.25, 0.3) is 0 Å². The molecule has 0 saturated carbocycles. The molecule has 2 heterocycles. The molecule has 0 spiro atoms. The van der Waals surface area contributed by atoms with Gasteiger partial charge in [0.2, 0.25) is 20.0 Å². The highest BCUT2D eigenvalue weighted by Crippen LogP contribution is 2.25. The van der Waals surface area contributed by atoms with Gasteiger partial charge in [0.05, 0.1) is 16.3 Å². The van der Waals surface area contributed by atoms with Crippen molar-refractivity contribution in [1.82, 2.24) is 8.61 Å². The van der Waals surface area contributed by atoms with E-state index in [9.17, 15) is 21.6 Å². The van der Waals surface area contributed by atoms with Crippen LogP contribution in [0.15, 0.2) is 58.3 Å². The van der Waals surface area contributed by atoms with E-state index >= 15 is 0 Å². The van der Waals surface area contributed by atoms with Crippen molar-refractivity contribution in [1.29, 1.82) is 0 Å². The number of hydrogen-bond donors (Lipinski definition) is 1. The number of benzene rings is 2. The van der Waals surface area contributed by atoms with Crippen LogP contribution < -0.4 is 5.32 Å². The maximum atomic E-state index is 12.9. The number of anilines is 1. The number of rotatable bonds is 8. The van der Waals surface area contributed by atoms with Gasteiger partial charge in [0, 0.05) is 37.4 Å². The minimum atomic E-state index is -3.53. The monoisotopic (exact) mass is 519 g/mol. The minimum Gasteiger partial charge on any atom is -0.378 e. The molecule has 1 atom stereocenters. The number of hydrogen-bond acceptors (Lipinski definition) is 6. The zero-order chi connectivity index (χ0) is 25.1. The van der Waals surface area contributed by atoms with Crippen LogP contribution in [0.1, 0.15) is 49.4 Å². The summed E-state index contributed by atoms with van der Waals surface area (Å²) in [5.74, 6) is 0.162. The standard InChI is InChI=1S/C25H33N3O5S2/c1-20-6-5-17-28(19-20)35(32,33)24-13-9-22(10-14-24)26-18-25(29)21-7-11-23(12-8-21)34(30,31)27-15-3-2-4-16-27/h7-14,20,26H,2-6,15-19H2,1H3.